The molecule has 0 saturated carbocycles. The standard InChI is InChI=1S/C7H9NO2/c1-8-4-7-5-9-2-3-10-6-7/h4H,2-3,5-6H2. The maximum Gasteiger partial charge on any atom is 0.157 e. The van der Waals surface area contributed by atoms with E-state index in [1.807, 2.05) is 0 Å². The van der Waals surface area contributed by atoms with E-state index in [-0.39, 0.29) is 0 Å². The van der Waals surface area contributed by atoms with E-state index in [2.05, 4.69) is 4.85 Å². The van der Waals surface area contributed by atoms with Crippen molar-refractivity contribution in [3.8, 4) is 0 Å². The van der Waals surface area contributed by atoms with Crippen LogP contribution in [0.25, 0.3) is 4.85 Å². The van der Waals surface area contributed by atoms with Gasteiger partial charge in [-0.3, -0.25) is 0 Å². The molecule has 0 atom stereocenters. The molecule has 0 N–H and O–H groups in total. The molecule has 1 aliphatic rings. The minimum Gasteiger partial charge on any atom is -0.376 e. The van der Waals surface area contributed by atoms with Gasteiger partial charge in [0.05, 0.1) is 33.0 Å². The summed E-state index contributed by atoms with van der Waals surface area (Å²) < 4.78 is 10.2. The lowest BCUT2D eigenvalue weighted by molar-refractivity contribution is 0.103. The normalized spacial score (nSPS) is 19.3. The quantitative estimate of drug-likeness (QED) is 0.464. The fraction of sp³-hybridized carbons (Fsp3) is 0.571. The van der Waals surface area contributed by atoms with Crippen LogP contribution in [-0.4, -0.2) is 26.4 Å². The first-order valence-corrected chi connectivity index (χ1v) is 3.13. The second-order valence-corrected chi connectivity index (χ2v) is 2.02. The molecule has 0 spiro atoms. The van der Waals surface area contributed by atoms with Gasteiger partial charge in [0.1, 0.15) is 0 Å². The summed E-state index contributed by atoms with van der Waals surface area (Å²) in [7, 11) is 0. The number of hydrogen-bond acceptors (Lipinski definition) is 2. The summed E-state index contributed by atoms with van der Waals surface area (Å²) in [5, 5.41) is 0. The fourth-order valence-electron chi connectivity index (χ4n) is 0.732. The summed E-state index contributed by atoms with van der Waals surface area (Å²) >= 11 is 0. The summed E-state index contributed by atoms with van der Waals surface area (Å²) in [4.78, 5) is 3.13. The van der Waals surface area contributed by atoms with E-state index in [4.69, 9.17) is 16.0 Å². The maximum atomic E-state index is 6.55. The monoisotopic (exact) mass is 139 g/mol. The second-order valence-electron chi connectivity index (χ2n) is 2.02. The van der Waals surface area contributed by atoms with Crippen LogP contribution in [0.3, 0.4) is 0 Å². The highest BCUT2D eigenvalue weighted by molar-refractivity contribution is 5.07. The molecule has 1 heterocycles. The Morgan fingerprint density at radius 2 is 1.90 bits per heavy atom. The van der Waals surface area contributed by atoms with Gasteiger partial charge in [-0.1, -0.05) is 0 Å². The van der Waals surface area contributed by atoms with Crippen LogP contribution in [0.1, 0.15) is 0 Å². The van der Waals surface area contributed by atoms with Crippen molar-refractivity contribution < 1.29 is 9.47 Å². The van der Waals surface area contributed by atoms with Gasteiger partial charge in [-0.25, -0.2) is 4.85 Å². The minimum absolute atomic E-state index is 0.544. The van der Waals surface area contributed by atoms with Crippen LogP contribution < -0.4 is 0 Å². The minimum atomic E-state index is 0.544. The zero-order chi connectivity index (χ0) is 7.23. The van der Waals surface area contributed by atoms with Gasteiger partial charge < -0.3 is 9.47 Å². The van der Waals surface area contributed by atoms with E-state index in [9.17, 15) is 0 Å². The lowest BCUT2D eigenvalue weighted by atomic mass is 10.3. The van der Waals surface area contributed by atoms with Crippen LogP contribution in [0.5, 0.6) is 0 Å². The Hall–Kier alpha value is -0.850. The molecule has 10 heavy (non-hydrogen) atoms. The Labute approximate surface area is 60.1 Å². The van der Waals surface area contributed by atoms with Crippen molar-refractivity contribution in [1.82, 2.24) is 0 Å². The fourth-order valence-corrected chi connectivity index (χ4v) is 0.732. The van der Waals surface area contributed by atoms with Crippen molar-refractivity contribution in [1.29, 1.82) is 0 Å². The predicted molar refractivity (Wildman–Crippen MR) is 36.3 cm³/mol. The van der Waals surface area contributed by atoms with Crippen LogP contribution >= 0.6 is 0 Å². The molecule has 0 aliphatic carbocycles. The third kappa shape index (κ3) is 2.18. The van der Waals surface area contributed by atoms with Gasteiger partial charge in [0.2, 0.25) is 0 Å². The molecule has 1 saturated heterocycles. The third-order valence-corrected chi connectivity index (χ3v) is 1.19. The highest BCUT2D eigenvalue weighted by atomic mass is 16.5. The van der Waals surface area contributed by atoms with Crippen molar-refractivity contribution in [3.63, 3.8) is 0 Å². The molecule has 0 aromatic rings. The number of ether oxygens (including phenoxy) is 2. The van der Waals surface area contributed by atoms with Gasteiger partial charge >= 0.3 is 0 Å². The zero-order valence-corrected chi connectivity index (χ0v) is 5.67. The van der Waals surface area contributed by atoms with Crippen molar-refractivity contribution in [2.45, 2.75) is 0 Å². The van der Waals surface area contributed by atoms with Crippen molar-refractivity contribution >= 4 is 0 Å². The Bertz CT molecular complexity index is 159. The summed E-state index contributed by atoms with van der Waals surface area (Å²) in [6.07, 6.45) is 1.46. The van der Waals surface area contributed by atoms with E-state index in [1.165, 1.54) is 6.20 Å². The van der Waals surface area contributed by atoms with Gasteiger partial charge in [0, 0.05) is 0 Å². The first kappa shape index (κ1) is 7.26. The second kappa shape index (κ2) is 4.04. The average molecular weight is 139 g/mol. The molecule has 0 aromatic carbocycles. The number of rotatable bonds is 0. The average Bonchev–Trinajstić information content (AvgIpc) is 2.17. The summed E-state index contributed by atoms with van der Waals surface area (Å²) in [5.74, 6) is 0. The van der Waals surface area contributed by atoms with Crippen LogP contribution in [0.15, 0.2) is 11.8 Å². The third-order valence-electron chi connectivity index (χ3n) is 1.19. The number of nitrogens with zero attached hydrogens (tertiary/aromatic N) is 1. The maximum absolute atomic E-state index is 6.55. The molecular formula is C7H9NO2. The molecule has 1 fully saturated rings. The van der Waals surface area contributed by atoms with E-state index >= 15 is 0 Å². The lowest BCUT2D eigenvalue weighted by Crippen LogP contribution is -1.96. The molecule has 0 unspecified atom stereocenters. The Balaban J connectivity index is 2.44. The lowest BCUT2D eigenvalue weighted by Gasteiger charge is -1.97. The molecule has 0 aromatic heterocycles. The summed E-state index contributed by atoms with van der Waals surface area (Å²) in [5.41, 5.74) is 0.924. The molecule has 1 rings (SSSR count). The molecule has 0 bridgehead atoms. The molecule has 1 aliphatic heterocycles. The van der Waals surface area contributed by atoms with Crippen LogP contribution in [0, 0.1) is 6.57 Å². The van der Waals surface area contributed by atoms with Crippen LogP contribution in [0.4, 0.5) is 0 Å². The summed E-state index contributed by atoms with van der Waals surface area (Å²) in [6.45, 7) is 8.90. The topological polar surface area (TPSA) is 22.8 Å². The zero-order valence-electron chi connectivity index (χ0n) is 5.67. The van der Waals surface area contributed by atoms with Gasteiger partial charge in [-0.2, -0.15) is 0 Å². The molecule has 3 heteroatoms. The Morgan fingerprint density at radius 3 is 2.40 bits per heavy atom. The number of hydrogen-bond donors (Lipinski definition) is 0. The largest absolute Gasteiger partial charge is 0.376 e. The molecular weight excluding hydrogens is 130 g/mol. The van der Waals surface area contributed by atoms with Gasteiger partial charge in [-0.05, 0) is 5.57 Å². The van der Waals surface area contributed by atoms with Crippen LogP contribution in [-0.2, 0) is 9.47 Å². The van der Waals surface area contributed by atoms with Gasteiger partial charge in [-0.15, -0.1) is 0 Å². The van der Waals surface area contributed by atoms with Crippen LogP contribution in [0.2, 0.25) is 0 Å². The van der Waals surface area contributed by atoms with Crippen molar-refractivity contribution in [3.05, 3.63) is 23.2 Å². The predicted octanol–water partition coefficient (Wildman–Crippen LogP) is 0.836. The van der Waals surface area contributed by atoms with Crippen molar-refractivity contribution in [2.75, 3.05) is 26.4 Å². The summed E-state index contributed by atoms with van der Waals surface area (Å²) in [6, 6.07) is 0. The van der Waals surface area contributed by atoms with E-state index < -0.39 is 0 Å². The highest BCUT2D eigenvalue weighted by Gasteiger charge is 2.02. The highest BCUT2D eigenvalue weighted by Crippen LogP contribution is 2.01. The Kier molecular flexibility index (Phi) is 2.94. The first-order chi connectivity index (χ1) is 4.93. The van der Waals surface area contributed by atoms with E-state index in [0.29, 0.717) is 26.4 Å². The SMILES string of the molecule is [C-]#[N+]C=C1COCCOC1. The smallest absolute Gasteiger partial charge is 0.157 e. The molecule has 54 valence electrons. The molecule has 0 radical (unpaired) electrons. The first-order valence-electron chi connectivity index (χ1n) is 3.13. The van der Waals surface area contributed by atoms with Gasteiger partial charge in [0.15, 0.2) is 6.20 Å². The van der Waals surface area contributed by atoms with E-state index in [0.717, 1.165) is 5.57 Å². The van der Waals surface area contributed by atoms with Gasteiger partial charge in [0.25, 0.3) is 0 Å². The van der Waals surface area contributed by atoms with E-state index in [1.54, 1.807) is 0 Å². The molecule has 3 nitrogen and oxygen atoms in total. The Morgan fingerprint density at radius 1 is 1.30 bits per heavy atom. The molecule has 0 amide bonds. The van der Waals surface area contributed by atoms with Crippen molar-refractivity contribution in [2.24, 2.45) is 0 Å².